The minimum atomic E-state index is -4.78. The normalized spacial score (nSPS) is 20.6. The molecule has 8 nitrogen and oxygen atoms in total. The van der Waals surface area contributed by atoms with Crippen LogP contribution >= 0.6 is 0 Å². The van der Waals surface area contributed by atoms with Gasteiger partial charge in [-0.2, -0.15) is 13.2 Å². The molecule has 2 atom stereocenters. The zero-order valence-corrected chi connectivity index (χ0v) is 18.9. The molecule has 1 aliphatic carbocycles. The van der Waals surface area contributed by atoms with Crippen LogP contribution in [0, 0.1) is 0 Å². The van der Waals surface area contributed by atoms with Crippen LogP contribution < -0.4 is 15.4 Å². The van der Waals surface area contributed by atoms with E-state index in [2.05, 4.69) is 10.6 Å². The molecular formula is C25H22F3N3O5. The number of amides is 4. The Kier molecular flexibility index (Phi) is 5.93. The number of alkyl halides is 3. The Morgan fingerprint density at radius 3 is 2.53 bits per heavy atom. The number of nitrogens with one attached hydrogen (secondary N) is 2. The average molecular weight is 501 g/mol. The fourth-order valence-corrected chi connectivity index (χ4v) is 4.46. The molecule has 1 saturated heterocycles. The molecule has 36 heavy (non-hydrogen) atoms. The summed E-state index contributed by atoms with van der Waals surface area (Å²) in [5.41, 5.74) is 0.428. The third-order valence-corrected chi connectivity index (χ3v) is 6.44. The fourth-order valence-electron chi connectivity index (χ4n) is 4.46. The Balaban J connectivity index is 1.36. The molecule has 0 aromatic heterocycles. The van der Waals surface area contributed by atoms with Crippen molar-refractivity contribution in [2.45, 2.75) is 56.6 Å². The van der Waals surface area contributed by atoms with Gasteiger partial charge in [-0.15, -0.1) is 0 Å². The minimum Gasteiger partial charge on any atom is -0.490 e. The lowest BCUT2D eigenvalue weighted by Crippen LogP contribution is -2.52. The van der Waals surface area contributed by atoms with Gasteiger partial charge in [0.1, 0.15) is 11.8 Å². The highest BCUT2D eigenvalue weighted by atomic mass is 19.4. The van der Waals surface area contributed by atoms with Crippen molar-refractivity contribution in [3.05, 3.63) is 64.7 Å². The van der Waals surface area contributed by atoms with Crippen LogP contribution in [0.5, 0.6) is 5.75 Å². The Morgan fingerprint density at radius 1 is 1.08 bits per heavy atom. The Bertz CT molecular complexity index is 1260. The van der Waals surface area contributed by atoms with Gasteiger partial charge in [-0.25, -0.2) is 0 Å². The summed E-state index contributed by atoms with van der Waals surface area (Å²) < 4.78 is 47.7. The van der Waals surface area contributed by atoms with E-state index < -0.39 is 41.9 Å². The topological polar surface area (TPSA) is 105 Å². The Labute approximate surface area is 203 Å². The predicted octanol–water partition coefficient (Wildman–Crippen LogP) is 3.02. The molecule has 3 aliphatic rings. The van der Waals surface area contributed by atoms with E-state index in [9.17, 15) is 32.3 Å². The molecular weight excluding hydrogens is 479 g/mol. The number of hydrogen-bond acceptors (Lipinski definition) is 5. The predicted molar refractivity (Wildman–Crippen MR) is 119 cm³/mol. The van der Waals surface area contributed by atoms with E-state index in [1.165, 1.54) is 41.3 Å². The third-order valence-electron chi connectivity index (χ3n) is 6.44. The van der Waals surface area contributed by atoms with Crippen molar-refractivity contribution in [2.24, 2.45) is 0 Å². The highest BCUT2D eigenvalue weighted by molar-refractivity contribution is 6.06. The molecule has 1 saturated carbocycles. The standard InChI is InChI=1S/C25H22F3N3O5/c26-25(27,28)21(17-3-1-2-4-19(17)36-15-6-7-15)30-22(33)13-5-8-16-14(11-13)12-31(24(16)35)18-9-10-20(32)29-23(18)34/h1-5,8,11,15,18,21H,6-7,9-10,12H2,(H,30,33)(H,29,32,34). The van der Waals surface area contributed by atoms with Gasteiger partial charge in [0.25, 0.3) is 11.8 Å². The van der Waals surface area contributed by atoms with E-state index in [0.29, 0.717) is 5.56 Å². The zero-order valence-electron chi connectivity index (χ0n) is 18.9. The summed E-state index contributed by atoms with van der Waals surface area (Å²) in [5, 5.41) is 4.27. The summed E-state index contributed by atoms with van der Waals surface area (Å²) in [6.07, 6.45) is -3.12. The van der Waals surface area contributed by atoms with Crippen LogP contribution in [0.15, 0.2) is 42.5 Å². The van der Waals surface area contributed by atoms with Crippen LogP contribution in [0.2, 0.25) is 0 Å². The minimum absolute atomic E-state index is 0.00231. The highest BCUT2D eigenvalue weighted by Gasteiger charge is 2.44. The van der Waals surface area contributed by atoms with Gasteiger partial charge in [0.15, 0.2) is 6.04 Å². The number of para-hydroxylation sites is 1. The quantitative estimate of drug-likeness (QED) is 0.593. The number of hydrogen-bond donors (Lipinski definition) is 2. The van der Waals surface area contributed by atoms with Crippen LogP contribution in [0.1, 0.15) is 63.6 Å². The summed E-state index contributed by atoms with van der Waals surface area (Å²) in [4.78, 5) is 50.7. The molecule has 2 heterocycles. The summed E-state index contributed by atoms with van der Waals surface area (Å²) in [5.74, 6) is -2.32. The molecule has 2 fully saturated rings. The van der Waals surface area contributed by atoms with E-state index in [1.54, 1.807) is 6.07 Å². The first kappa shape index (κ1) is 23.8. The first-order chi connectivity index (χ1) is 17.1. The summed E-state index contributed by atoms with van der Waals surface area (Å²) in [6, 6.07) is 6.61. The molecule has 4 amide bonds. The number of rotatable bonds is 6. The van der Waals surface area contributed by atoms with Gasteiger partial charge in [-0.3, -0.25) is 24.5 Å². The van der Waals surface area contributed by atoms with Gasteiger partial charge in [-0.1, -0.05) is 18.2 Å². The van der Waals surface area contributed by atoms with Gasteiger partial charge in [-0.05, 0) is 49.1 Å². The second kappa shape index (κ2) is 8.96. The number of fused-ring (bicyclic) bond motifs is 1. The van der Waals surface area contributed by atoms with E-state index >= 15 is 0 Å². The molecule has 2 aromatic rings. The number of piperidine rings is 1. The molecule has 5 rings (SSSR count). The highest BCUT2D eigenvalue weighted by Crippen LogP contribution is 2.39. The number of nitrogens with zero attached hydrogens (tertiary/aromatic N) is 1. The van der Waals surface area contributed by atoms with Gasteiger partial charge in [0.05, 0.1) is 6.10 Å². The Morgan fingerprint density at radius 2 is 1.83 bits per heavy atom. The number of carbonyl (C=O) groups is 4. The monoisotopic (exact) mass is 501 g/mol. The van der Waals surface area contributed by atoms with Crippen LogP contribution in [-0.2, 0) is 16.1 Å². The van der Waals surface area contributed by atoms with Crippen molar-refractivity contribution >= 4 is 23.6 Å². The van der Waals surface area contributed by atoms with Crippen molar-refractivity contribution in [2.75, 3.05) is 0 Å². The number of carbonyl (C=O) groups excluding carboxylic acids is 4. The van der Waals surface area contributed by atoms with Crippen LogP contribution in [0.4, 0.5) is 13.2 Å². The van der Waals surface area contributed by atoms with E-state index in [0.717, 1.165) is 12.8 Å². The maximum absolute atomic E-state index is 14.0. The number of halogens is 3. The van der Waals surface area contributed by atoms with Crippen LogP contribution in [0.3, 0.4) is 0 Å². The van der Waals surface area contributed by atoms with Gasteiger partial charge < -0.3 is 15.0 Å². The lowest BCUT2D eigenvalue weighted by Gasteiger charge is -2.29. The molecule has 2 aromatic carbocycles. The average Bonchev–Trinajstić information content (AvgIpc) is 3.58. The molecule has 2 aliphatic heterocycles. The third kappa shape index (κ3) is 4.65. The Hall–Kier alpha value is -3.89. The smallest absolute Gasteiger partial charge is 0.413 e. The van der Waals surface area contributed by atoms with E-state index in [4.69, 9.17) is 4.74 Å². The molecule has 0 radical (unpaired) electrons. The largest absolute Gasteiger partial charge is 0.490 e. The first-order valence-corrected chi connectivity index (χ1v) is 11.5. The first-order valence-electron chi connectivity index (χ1n) is 11.5. The number of ether oxygens (including phenoxy) is 1. The lowest BCUT2D eigenvalue weighted by atomic mass is 10.0. The zero-order chi connectivity index (χ0) is 25.6. The van der Waals surface area contributed by atoms with Gasteiger partial charge >= 0.3 is 6.18 Å². The summed E-state index contributed by atoms with van der Waals surface area (Å²) in [6.45, 7) is 0.00231. The van der Waals surface area contributed by atoms with Crippen molar-refractivity contribution in [3.63, 3.8) is 0 Å². The summed E-state index contributed by atoms with van der Waals surface area (Å²) >= 11 is 0. The molecule has 188 valence electrons. The molecule has 0 spiro atoms. The van der Waals surface area contributed by atoms with Crippen LogP contribution in [-0.4, -0.2) is 46.9 Å². The van der Waals surface area contributed by atoms with Crippen molar-refractivity contribution in [3.8, 4) is 5.75 Å². The van der Waals surface area contributed by atoms with Gasteiger partial charge in [0.2, 0.25) is 11.8 Å². The van der Waals surface area contributed by atoms with Gasteiger partial charge in [0, 0.05) is 29.7 Å². The number of benzene rings is 2. The van der Waals surface area contributed by atoms with Crippen molar-refractivity contribution < 1.29 is 37.1 Å². The second-order valence-corrected chi connectivity index (χ2v) is 9.08. The maximum Gasteiger partial charge on any atom is 0.413 e. The second-order valence-electron chi connectivity index (χ2n) is 9.08. The molecule has 2 N–H and O–H groups in total. The SMILES string of the molecule is O=C1CCC(N2Cc3cc(C(=O)NC(c4ccccc4OC4CC4)C(F)(F)F)ccc3C2=O)C(=O)N1. The van der Waals surface area contributed by atoms with Crippen molar-refractivity contribution in [1.82, 2.24) is 15.5 Å². The van der Waals surface area contributed by atoms with E-state index in [1.807, 2.05) is 0 Å². The number of imide groups is 1. The van der Waals surface area contributed by atoms with Crippen molar-refractivity contribution in [1.29, 1.82) is 0 Å². The summed E-state index contributed by atoms with van der Waals surface area (Å²) in [7, 11) is 0. The molecule has 0 bridgehead atoms. The van der Waals surface area contributed by atoms with E-state index in [-0.39, 0.29) is 47.9 Å². The fraction of sp³-hybridized carbons (Fsp3) is 0.360. The molecule has 2 unspecified atom stereocenters. The lowest BCUT2D eigenvalue weighted by molar-refractivity contribution is -0.155. The molecule has 11 heteroatoms. The van der Waals surface area contributed by atoms with Crippen LogP contribution in [0.25, 0.3) is 0 Å². The maximum atomic E-state index is 14.0.